The Balaban J connectivity index is 1.29. The van der Waals surface area contributed by atoms with Gasteiger partial charge in [-0.05, 0) is 11.1 Å². The molecule has 0 amide bonds. The van der Waals surface area contributed by atoms with E-state index < -0.39 is 48.0 Å². The summed E-state index contributed by atoms with van der Waals surface area (Å²) >= 11 is 0. The predicted octanol–water partition coefficient (Wildman–Crippen LogP) is 5.61. The molecule has 0 saturated heterocycles. The summed E-state index contributed by atoms with van der Waals surface area (Å²) in [5.74, 6) is -1.41. The van der Waals surface area contributed by atoms with Crippen molar-refractivity contribution in [2.24, 2.45) is 0 Å². The van der Waals surface area contributed by atoms with E-state index in [1.165, 1.54) is 24.3 Å². The third-order valence-corrected chi connectivity index (χ3v) is 9.77. The molecular formula is C34H22O10S2. The fourth-order valence-corrected chi connectivity index (χ4v) is 7.61. The van der Waals surface area contributed by atoms with Crippen molar-refractivity contribution >= 4 is 31.8 Å². The summed E-state index contributed by atoms with van der Waals surface area (Å²) in [4.78, 5) is 24.1. The van der Waals surface area contributed by atoms with Gasteiger partial charge < -0.3 is 9.47 Å². The molecule has 2 aliphatic rings. The Morgan fingerprint density at radius 2 is 0.804 bits per heavy atom. The minimum atomic E-state index is -5.13. The Morgan fingerprint density at radius 3 is 1.15 bits per heavy atom. The number of ether oxygens (including phenoxy) is 2. The van der Waals surface area contributed by atoms with Gasteiger partial charge in [0.1, 0.15) is 15.5 Å². The molecule has 2 bridgehead atoms. The van der Waals surface area contributed by atoms with Crippen LogP contribution in [0.1, 0.15) is 66.3 Å². The van der Waals surface area contributed by atoms with Crippen LogP contribution in [0.2, 0.25) is 0 Å². The smallest absolute Gasteiger partial charge is 0.298 e. The van der Waals surface area contributed by atoms with Crippen LogP contribution >= 0.6 is 0 Å². The van der Waals surface area contributed by atoms with Crippen molar-refractivity contribution < 1.29 is 45.0 Å². The molecule has 2 unspecified atom stereocenters. The van der Waals surface area contributed by atoms with Gasteiger partial charge in [-0.3, -0.25) is 18.7 Å². The van der Waals surface area contributed by atoms with Gasteiger partial charge in [-0.15, -0.1) is 0 Å². The second-order valence-electron chi connectivity index (χ2n) is 10.7. The summed E-state index contributed by atoms with van der Waals surface area (Å²) in [7, 11) is -10.2. The standard InChI is InChI=1S/C34H22O10S2/c35-27(19-7-3-1-4-8-19)21-11-15-23(16-12-21)29-25-31(43-29)26-30(44-32(33(25)45(37,38)39)34(26)46(40,41)42)24-17-13-22(14-18-24)28(36)20-9-5-2-6-10-20/h1-18,29-30H,(H,37,38,39)(H,40,41,42). The van der Waals surface area contributed by atoms with Crippen LogP contribution in [0.15, 0.2) is 119 Å². The lowest BCUT2D eigenvalue weighted by Gasteiger charge is -2.34. The first kappa shape index (κ1) is 29.6. The Morgan fingerprint density at radius 1 is 0.478 bits per heavy atom. The van der Waals surface area contributed by atoms with E-state index in [9.17, 15) is 35.5 Å². The number of carbonyl (C=O) groups excluding carboxylic acids is 2. The zero-order valence-corrected chi connectivity index (χ0v) is 25.2. The van der Waals surface area contributed by atoms with E-state index in [1.54, 1.807) is 84.9 Å². The fraction of sp³-hybridized carbons (Fsp3) is 0.0588. The Kier molecular flexibility index (Phi) is 6.90. The van der Waals surface area contributed by atoms with Crippen molar-refractivity contribution in [3.8, 4) is 11.5 Å². The summed E-state index contributed by atoms with van der Waals surface area (Å²) in [6, 6.07) is 29.5. The van der Waals surface area contributed by atoms with Gasteiger partial charge in [-0.25, -0.2) is 0 Å². The highest BCUT2D eigenvalue weighted by molar-refractivity contribution is 7.87. The molecule has 46 heavy (non-hydrogen) atoms. The molecule has 0 aromatic heterocycles. The van der Waals surface area contributed by atoms with Gasteiger partial charge >= 0.3 is 0 Å². The van der Waals surface area contributed by atoms with Crippen LogP contribution in [0.25, 0.3) is 0 Å². The molecule has 5 aromatic carbocycles. The number of hydrogen-bond donors (Lipinski definition) is 2. The molecule has 0 aliphatic carbocycles. The van der Waals surface area contributed by atoms with E-state index in [0.29, 0.717) is 33.4 Å². The third-order valence-electron chi connectivity index (χ3n) is 7.93. The molecule has 2 aliphatic heterocycles. The minimum absolute atomic E-state index is 0.0552. The van der Waals surface area contributed by atoms with Crippen molar-refractivity contribution in [3.05, 3.63) is 154 Å². The zero-order chi connectivity index (χ0) is 32.4. The molecular weight excluding hydrogens is 632 g/mol. The highest BCUT2D eigenvalue weighted by Crippen LogP contribution is 2.61. The molecule has 2 N–H and O–H groups in total. The van der Waals surface area contributed by atoms with Crippen LogP contribution < -0.4 is 9.47 Å². The molecule has 2 heterocycles. The van der Waals surface area contributed by atoms with Crippen LogP contribution in [0.5, 0.6) is 11.5 Å². The number of hydrogen-bond acceptors (Lipinski definition) is 8. The minimum Gasteiger partial charge on any atom is -0.480 e. The summed E-state index contributed by atoms with van der Waals surface area (Å²) < 4.78 is 83.0. The average molecular weight is 655 g/mol. The van der Waals surface area contributed by atoms with E-state index in [4.69, 9.17) is 9.47 Å². The number of benzene rings is 5. The van der Waals surface area contributed by atoms with Crippen molar-refractivity contribution in [2.75, 3.05) is 0 Å². The second kappa shape index (κ2) is 10.7. The zero-order valence-electron chi connectivity index (χ0n) is 23.5. The molecule has 0 saturated carbocycles. The van der Waals surface area contributed by atoms with E-state index in [1.807, 2.05) is 0 Å². The first-order valence-corrected chi connectivity index (χ1v) is 16.7. The number of carbonyl (C=O) groups is 2. The predicted molar refractivity (Wildman–Crippen MR) is 164 cm³/mol. The fourth-order valence-electron chi connectivity index (χ4n) is 5.82. The summed E-state index contributed by atoms with van der Waals surface area (Å²) in [6.45, 7) is 0. The average Bonchev–Trinajstić information content (AvgIpc) is 3.38. The first-order chi connectivity index (χ1) is 21.9. The number of rotatable bonds is 8. The summed E-state index contributed by atoms with van der Waals surface area (Å²) in [6.07, 6.45) is -2.34. The molecule has 10 nitrogen and oxygen atoms in total. The maximum absolute atomic E-state index is 12.9. The van der Waals surface area contributed by atoms with E-state index >= 15 is 0 Å². The van der Waals surface area contributed by atoms with E-state index in [-0.39, 0.29) is 28.4 Å². The topological polar surface area (TPSA) is 161 Å². The van der Waals surface area contributed by atoms with E-state index in [2.05, 4.69) is 0 Å². The van der Waals surface area contributed by atoms with Crippen molar-refractivity contribution in [1.29, 1.82) is 0 Å². The van der Waals surface area contributed by atoms with Crippen LogP contribution in [0.3, 0.4) is 0 Å². The third kappa shape index (κ3) is 4.88. The normalized spacial score (nSPS) is 16.5. The Bertz CT molecular complexity index is 2270. The molecule has 7 rings (SSSR count). The van der Waals surface area contributed by atoms with Crippen LogP contribution in [-0.2, 0) is 20.2 Å². The van der Waals surface area contributed by atoms with Gasteiger partial charge in [-0.1, -0.05) is 109 Å². The van der Waals surface area contributed by atoms with Gasteiger partial charge in [0.15, 0.2) is 29.5 Å². The van der Waals surface area contributed by atoms with Crippen LogP contribution in [0.4, 0.5) is 0 Å². The summed E-state index contributed by atoms with van der Waals surface area (Å²) in [5, 5.41) is 0. The van der Waals surface area contributed by atoms with Crippen molar-refractivity contribution in [2.45, 2.75) is 22.0 Å². The van der Waals surface area contributed by atoms with Crippen molar-refractivity contribution in [1.82, 2.24) is 0 Å². The molecule has 5 aromatic rings. The van der Waals surface area contributed by atoms with Gasteiger partial charge in [0.25, 0.3) is 20.2 Å². The van der Waals surface area contributed by atoms with Gasteiger partial charge in [-0.2, -0.15) is 16.8 Å². The Labute approximate surface area is 263 Å². The van der Waals surface area contributed by atoms with Crippen molar-refractivity contribution in [3.63, 3.8) is 0 Å². The van der Waals surface area contributed by atoms with Gasteiger partial charge in [0.05, 0.1) is 11.1 Å². The second-order valence-corrected chi connectivity index (χ2v) is 13.4. The van der Waals surface area contributed by atoms with Crippen LogP contribution in [0, 0.1) is 0 Å². The van der Waals surface area contributed by atoms with E-state index in [0.717, 1.165) is 0 Å². The maximum atomic E-state index is 12.9. The molecule has 2 atom stereocenters. The summed E-state index contributed by atoms with van der Waals surface area (Å²) in [5.41, 5.74) is 2.20. The molecule has 0 fully saturated rings. The lowest BCUT2D eigenvalue weighted by atomic mass is 9.90. The number of ketones is 2. The largest absolute Gasteiger partial charge is 0.480 e. The highest BCUT2D eigenvalue weighted by atomic mass is 32.2. The monoisotopic (exact) mass is 654 g/mol. The lowest BCUT2D eigenvalue weighted by Crippen LogP contribution is -2.26. The highest BCUT2D eigenvalue weighted by Gasteiger charge is 2.51. The van der Waals surface area contributed by atoms with Gasteiger partial charge in [0.2, 0.25) is 0 Å². The van der Waals surface area contributed by atoms with Crippen LogP contribution in [-0.4, -0.2) is 37.5 Å². The molecule has 12 heteroatoms. The Hall–Kier alpha value is -5.14. The van der Waals surface area contributed by atoms with Gasteiger partial charge in [0, 0.05) is 22.3 Å². The molecule has 230 valence electrons. The quantitative estimate of drug-likeness (QED) is 0.159. The SMILES string of the molecule is O=C(c1ccccc1)c1ccc(C2Oc3c2c(S(=O)(=O)O)c2c(S(=O)(=O)O)c3C(c3ccc(C(=O)c4ccccc4)cc3)O2)cc1. The lowest BCUT2D eigenvalue weighted by molar-refractivity contribution is 0.103. The first-order valence-electron chi connectivity index (χ1n) is 13.8. The maximum Gasteiger partial charge on any atom is 0.298 e. The molecule has 0 radical (unpaired) electrons. The molecule has 0 spiro atoms. The number of fused-ring (bicyclic) bond motifs is 4.